The number of rotatable bonds is 3. The molecular weight excluding hydrogens is 308 g/mol. The van der Waals surface area contributed by atoms with Crippen LogP contribution in [0.25, 0.3) is 0 Å². The van der Waals surface area contributed by atoms with Gasteiger partial charge in [-0.3, -0.25) is 0 Å². The molecule has 1 saturated carbocycles. The fourth-order valence-corrected chi connectivity index (χ4v) is 4.38. The SMILES string of the molecule is Cc1sc(Br)cc1C(O)C1CC1c1ccccc1. The van der Waals surface area contributed by atoms with Gasteiger partial charge in [0.15, 0.2) is 0 Å². The molecular formula is C15H15BrOS. The standard InChI is InChI=1S/C15H15BrOS/c1-9-11(8-14(16)18-9)15(17)13-7-12(13)10-5-3-2-4-6-10/h2-6,8,12-13,15,17H,7H2,1H3. The van der Waals surface area contributed by atoms with E-state index in [0.717, 1.165) is 15.8 Å². The van der Waals surface area contributed by atoms with Crippen molar-refractivity contribution in [2.45, 2.75) is 25.4 Å². The van der Waals surface area contributed by atoms with Crippen LogP contribution in [0.3, 0.4) is 0 Å². The van der Waals surface area contributed by atoms with Gasteiger partial charge in [0, 0.05) is 4.88 Å². The van der Waals surface area contributed by atoms with Crippen LogP contribution in [0.2, 0.25) is 0 Å². The molecule has 3 heteroatoms. The minimum Gasteiger partial charge on any atom is -0.388 e. The van der Waals surface area contributed by atoms with Gasteiger partial charge in [-0.25, -0.2) is 0 Å². The van der Waals surface area contributed by atoms with Gasteiger partial charge in [-0.2, -0.15) is 0 Å². The summed E-state index contributed by atoms with van der Waals surface area (Å²) in [5, 5.41) is 10.5. The topological polar surface area (TPSA) is 20.2 Å². The van der Waals surface area contributed by atoms with E-state index in [1.807, 2.05) is 6.07 Å². The maximum atomic E-state index is 10.5. The first-order chi connectivity index (χ1) is 8.66. The van der Waals surface area contributed by atoms with Crippen LogP contribution in [0.1, 0.15) is 34.4 Å². The summed E-state index contributed by atoms with van der Waals surface area (Å²) in [5.74, 6) is 0.909. The van der Waals surface area contributed by atoms with Crippen LogP contribution in [0.4, 0.5) is 0 Å². The van der Waals surface area contributed by atoms with E-state index in [-0.39, 0.29) is 6.10 Å². The highest BCUT2D eigenvalue weighted by molar-refractivity contribution is 9.11. The van der Waals surface area contributed by atoms with Crippen LogP contribution in [-0.4, -0.2) is 5.11 Å². The lowest BCUT2D eigenvalue weighted by Gasteiger charge is -2.10. The van der Waals surface area contributed by atoms with Gasteiger partial charge in [0.25, 0.3) is 0 Å². The predicted molar refractivity (Wildman–Crippen MR) is 79.0 cm³/mol. The predicted octanol–water partition coefficient (Wildman–Crippen LogP) is 4.66. The fraction of sp³-hybridized carbons (Fsp3) is 0.333. The monoisotopic (exact) mass is 322 g/mol. The second-order valence-electron chi connectivity index (χ2n) is 4.92. The second-order valence-corrected chi connectivity index (χ2v) is 7.56. The summed E-state index contributed by atoms with van der Waals surface area (Å²) >= 11 is 5.18. The summed E-state index contributed by atoms with van der Waals surface area (Å²) in [6.07, 6.45) is 0.774. The van der Waals surface area contributed by atoms with Crippen molar-refractivity contribution < 1.29 is 5.11 Å². The average molecular weight is 323 g/mol. The molecule has 1 nitrogen and oxygen atoms in total. The second kappa shape index (κ2) is 4.80. The lowest BCUT2D eigenvalue weighted by molar-refractivity contribution is 0.151. The Morgan fingerprint density at radius 1 is 1.33 bits per heavy atom. The summed E-state index contributed by atoms with van der Waals surface area (Å²) in [5.41, 5.74) is 2.45. The molecule has 2 aromatic rings. The van der Waals surface area contributed by atoms with E-state index in [0.29, 0.717) is 11.8 Å². The summed E-state index contributed by atoms with van der Waals surface area (Å²) in [7, 11) is 0. The first-order valence-corrected chi connectivity index (χ1v) is 7.76. The number of thiophene rings is 1. The largest absolute Gasteiger partial charge is 0.388 e. The molecule has 0 bridgehead atoms. The molecule has 1 aromatic heterocycles. The van der Waals surface area contributed by atoms with Crippen LogP contribution in [-0.2, 0) is 0 Å². The number of aliphatic hydroxyl groups excluding tert-OH is 1. The fourth-order valence-electron chi connectivity index (χ4n) is 2.63. The van der Waals surface area contributed by atoms with Crippen molar-refractivity contribution in [3.05, 3.63) is 56.2 Å². The molecule has 1 N–H and O–H groups in total. The third-order valence-corrected chi connectivity index (χ3v) is 5.29. The van der Waals surface area contributed by atoms with E-state index in [9.17, 15) is 5.11 Å². The van der Waals surface area contributed by atoms with Gasteiger partial charge in [0.05, 0.1) is 9.89 Å². The van der Waals surface area contributed by atoms with Crippen molar-refractivity contribution in [2.24, 2.45) is 5.92 Å². The number of hydrogen-bond acceptors (Lipinski definition) is 2. The third kappa shape index (κ3) is 2.27. The van der Waals surface area contributed by atoms with Gasteiger partial charge in [0.2, 0.25) is 0 Å². The summed E-state index contributed by atoms with van der Waals surface area (Å²) in [4.78, 5) is 1.22. The Morgan fingerprint density at radius 2 is 2.06 bits per heavy atom. The molecule has 3 unspecified atom stereocenters. The van der Waals surface area contributed by atoms with Crippen molar-refractivity contribution in [3.63, 3.8) is 0 Å². The summed E-state index contributed by atoms with van der Waals surface area (Å²) in [6, 6.07) is 12.6. The van der Waals surface area contributed by atoms with Crippen LogP contribution < -0.4 is 0 Å². The first kappa shape index (κ1) is 12.4. The first-order valence-electron chi connectivity index (χ1n) is 6.15. The van der Waals surface area contributed by atoms with Crippen LogP contribution in [0.5, 0.6) is 0 Å². The molecule has 0 amide bonds. The van der Waals surface area contributed by atoms with Gasteiger partial charge in [-0.1, -0.05) is 30.3 Å². The van der Waals surface area contributed by atoms with E-state index >= 15 is 0 Å². The highest BCUT2D eigenvalue weighted by atomic mass is 79.9. The quantitative estimate of drug-likeness (QED) is 0.871. The molecule has 1 aliphatic carbocycles. The number of benzene rings is 1. The molecule has 0 spiro atoms. The molecule has 1 fully saturated rings. The van der Waals surface area contributed by atoms with Crippen molar-refractivity contribution in [1.82, 2.24) is 0 Å². The molecule has 1 aromatic carbocycles. The van der Waals surface area contributed by atoms with Crippen LogP contribution >= 0.6 is 27.3 Å². The van der Waals surface area contributed by atoms with Gasteiger partial charge >= 0.3 is 0 Å². The maximum absolute atomic E-state index is 10.5. The van der Waals surface area contributed by atoms with Crippen molar-refractivity contribution in [2.75, 3.05) is 0 Å². The molecule has 0 aliphatic heterocycles. The zero-order chi connectivity index (χ0) is 12.7. The van der Waals surface area contributed by atoms with Gasteiger partial charge in [0.1, 0.15) is 0 Å². The van der Waals surface area contributed by atoms with E-state index in [1.165, 1.54) is 10.4 Å². The Hall–Kier alpha value is -0.640. The van der Waals surface area contributed by atoms with Crippen molar-refractivity contribution in [3.8, 4) is 0 Å². The van der Waals surface area contributed by atoms with Gasteiger partial charge in [-0.15, -0.1) is 11.3 Å². The van der Waals surface area contributed by atoms with Crippen LogP contribution in [0, 0.1) is 12.8 Å². The summed E-state index contributed by atoms with van der Waals surface area (Å²) < 4.78 is 1.10. The number of hydrogen-bond donors (Lipinski definition) is 1. The number of aryl methyl sites for hydroxylation is 1. The Bertz CT molecular complexity index is 549. The molecule has 94 valence electrons. The van der Waals surface area contributed by atoms with E-state index < -0.39 is 0 Å². The van der Waals surface area contributed by atoms with Gasteiger partial charge in [-0.05, 0) is 58.3 Å². The van der Waals surface area contributed by atoms with Crippen molar-refractivity contribution in [1.29, 1.82) is 0 Å². The van der Waals surface area contributed by atoms with Gasteiger partial charge < -0.3 is 5.11 Å². The van der Waals surface area contributed by atoms with E-state index in [2.05, 4.69) is 53.2 Å². The molecule has 0 saturated heterocycles. The zero-order valence-corrected chi connectivity index (χ0v) is 12.5. The average Bonchev–Trinajstić information content (AvgIpc) is 3.10. The molecule has 18 heavy (non-hydrogen) atoms. The van der Waals surface area contributed by atoms with Crippen LogP contribution in [0.15, 0.2) is 40.2 Å². The Balaban J connectivity index is 1.77. The molecule has 0 radical (unpaired) electrons. The third-order valence-electron chi connectivity index (χ3n) is 3.72. The minimum atomic E-state index is -0.322. The lowest BCUT2D eigenvalue weighted by atomic mass is 10.0. The highest BCUT2D eigenvalue weighted by Gasteiger charge is 2.44. The van der Waals surface area contributed by atoms with Crippen molar-refractivity contribution >= 4 is 27.3 Å². The van der Waals surface area contributed by atoms with E-state index in [1.54, 1.807) is 11.3 Å². The Labute approximate surface area is 120 Å². The summed E-state index contributed by atoms with van der Waals surface area (Å²) in [6.45, 7) is 2.08. The molecule has 3 rings (SSSR count). The molecule has 1 aliphatic rings. The molecule has 1 heterocycles. The Kier molecular flexibility index (Phi) is 3.31. The number of halogens is 1. The minimum absolute atomic E-state index is 0.322. The molecule has 3 atom stereocenters. The maximum Gasteiger partial charge on any atom is 0.0835 e. The highest BCUT2D eigenvalue weighted by Crippen LogP contribution is 2.55. The van der Waals surface area contributed by atoms with E-state index in [4.69, 9.17) is 0 Å². The lowest BCUT2D eigenvalue weighted by Crippen LogP contribution is -2.01. The smallest absolute Gasteiger partial charge is 0.0835 e. The normalized spacial score (nSPS) is 23.9. The zero-order valence-electron chi connectivity index (χ0n) is 10.1. The number of aliphatic hydroxyl groups is 1. The Morgan fingerprint density at radius 3 is 2.67 bits per heavy atom.